The fourth-order valence-electron chi connectivity index (χ4n) is 2.34. The molecule has 0 saturated heterocycles. The van der Waals surface area contributed by atoms with E-state index in [1.807, 2.05) is 18.2 Å². The van der Waals surface area contributed by atoms with Crippen LogP contribution in [0.3, 0.4) is 0 Å². The third-order valence-corrected chi connectivity index (χ3v) is 6.56. The fourth-order valence-corrected chi connectivity index (χ4v) is 4.30. The summed E-state index contributed by atoms with van der Waals surface area (Å²) in [5, 5.41) is -0.679. The maximum absolute atomic E-state index is 14.0. The number of nitrogens with zero attached hydrogens (tertiary/aromatic N) is 1. The normalized spacial score (nSPS) is 13.3. The molecular formula is C17H19BrFNO2S. The topological polar surface area (TPSA) is 37.4 Å². The molecule has 3 nitrogen and oxygen atoms in total. The molecule has 0 aliphatic carbocycles. The molecule has 124 valence electrons. The van der Waals surface area contributed by atoms with Gasteiger partial charge in [-0.1, -0.05) is 59.3 Å². The molecular weight excluding hydrogens is 381 g/mol. The van der Waals surface area contributed by atoms with E-state index in [1.54, 1.807) is 38.1 Å². The average molecular weight is 400 g/mol. The number of benzene rings is 2. The molecule has 2 aromatic carbocycles. The molecule has 23 heavy (non-hydrogen) atoms. The minimum absolute atomic E-state index is 0.0229. The summed E-state index contributed by atoms with van der Waals surface area (Å²) in [5.74, 6) is -0.416. The first-order chi connectivity index (χ1) is 10.9. The Kier molecular flexibility index (Phi) is 5.95. The number of rotatable bonds is 6. The molecule has 0 saturated carbocycles. The lowest BCUT2D eigenvalue weighted by atomic mass is 10.2. The molecule has 6 heteroatoms. The summed E-state index contributed by atoms with van der Waals surface area (Å²) >= 11 is 3.20. The molecule has 0 fully saturated rings. The Morgan fingerprint density at radius 1 is 1.17 bits per heavy atom. The summed E-state index contributed by atoms with van der Waals surface area (Å²) in [7, 11) is -3.57. The molecule has 2 aromatic rings. The summed E-state index contributed by atoms with van der Waals surface area (Å²) < 4.78 is 41.6. The number of halogens is 2. The van der Waals surface area contributed by atoms with Gasteiger partial charge in [0.25, 0.3) is 0 Å². The Morgan fingerprint density at radius 2 is 1.83 bits per heavy atom. The van der Waals surface area contributed by atoms with Crippen LogP contribution in [-0.2, 0) is 16.6 Å². The highest BCUT2D eigenvalue weighted by atomic mass is 79.9. The van der Waals surface area contributed by atoms with Crippen LogP contribution in [0.2, 0.25) is 0 Å². The molecule has 0 aliphatic heterocycles. The summed E-state index contributed by atoms with van der Waals surface area (Å²) in [6.45, 7) is 3.72. The minimum atomic E-state index is -3.57. The Bertz CT molecular complexity index is 765. The SMILES string of the molecule is CCN(Cc1ccc(Br)cc1F)S(=O)(=O)C(C)c1ccccc1. The maximum Gasteiger partial charge on any atom is 0.221 e. The van der Waals surface area contributed by atoms with Gasteiger partial charge in [-0.05, 0) is 24.6 Å². The summed E-state index contributed by atoms with van der Waals surface area (Å²) in [4.78, 5) is 0. The average Bonchev–Trinajstić information content (AvgIpc) is 2.54. The highest BCUT2D eigenvalue weighted by Crippen LogP contribution is 2.27. The van der Waals surface area contributed by atoms with Gasteiger partial charge in [0.1, 0.15) is 5.82 Å². The van der Waals surface area contributed by atoms with Crippen LogP contribution in [-0.4, -0.2) is 19.3 Å². The lowest BCUT2D eigenvalue weighted by molar-refractivity contribution is 0.409. The van der Waals surface area contributed by atoms with Gasteiger partial charge in [-0.3, -0.25) is 0 Å². The van der Waals surface area contributed by atoms with Gasteiger partial charge in [-0.2, -0.15) is 4.31 Å². The van der Waals surface area contributed by atoms with Crippen molar-refractivity contribution in [3.05, 3.63) is 69.9 Å². The van der Waals surface area contributed by atoms with E-state index < -0.39 is 21.1 Å². The van der Waals surface area contributed by atoms with E-state index in [9.17, 15) is 12.8 Å². The molecule has 0 aromatic heterocycles. The van der Waals surface area contributed by atoms with Gasteiger partial charge in [0.2, 0.25) is 10.0 Å². The van der Waals surface area contributed by atoms with Crippen molar-refractivity contribution in [3.8, 4) is 0 Å². The molecule has 1 atom stereocenters. The lowest BCUT2D eigenvalue weighted by Crippen LogP contribution is -2.33. The first kappa shape index (κ1) is 18.1. The van der Waals surface area contributed by atoms with Gasteiger partial charge >= 0.3 is 0 Å². The predicted molar refractivity (Wildman–Crippen MR) is 94.0 cm³/mol. The minimum Gasteiger partial charge on any atom is -0.212 e. The van der Waals surface area contributed by atoms with E-state index in [0.717, 1.165) is 5.56 Å². The van der Waals surface area contributed by atoms with Crippen molar-refractivity contribution in [1.82, 2.24) is 4.31 Å². The van der Waals surface area contributed by atoms with E-state index >= 15 is 0 Å². The smallest absolute Gasteiger partial charge is 0.212 e. The highest BCUT2D eigenvalue weighted by Gasteiger charge is 2.29. The second-order valence-electron chi connectivity index (χ2n) is 5.26. The number of sulfonamides is 1. The first-order valence-electron chi connectivity index (χ1n) is 7.34. The second-order valence-corrected chi connectivity index (χ2v) is 8.43. The van der Waals surface area contributed by atoms with Crippen molar-refractivity contribution >= 4 is 26.0 Å². The summed E-state index contributed by atoms with van der Waals surface area (Å²) in [5.41, 5.74) is 1.08. The van der Waals surface area contributed by atoms with E-state index in [2.05, 4.69) is 15.9 Å². The van der Waals surface area contributed by atoms with Crippen molar-refractivity contribution in [1.29, 1.82) is 0 Å². The van der Waals surface area contributed by atoms with E-state index in [-0.39, 0.29) is 13.1 Å². The Balaban J connectivity index is 2.28. The zero-order valence-corrected chi connectivity index (χ0v) is 15.4. The monoisotopic (exact) mass is 399 g/mol. The van der Waals surface area contributed by atoms with Crippen molar-refractivity contribution in [2.24, 2.45) is 0 Å². The van der Waals surface area contributed by atoms with Gasteiger partial charge in [0.15, 0.2) is 0 Å². The van der Waals surface area contributed by atoms with Crippen molar-refractivity contribution in [2.75, 3.05) is 6.54 Å². The largest absolute Gasteiger partial charge is 0.221 e. The van der Waals surface area contributed by atoms with Gasteiger partial charge < -0.3 is 0 Å². The van der Waals surface area contributed by atoms with Crippen LogP contribution in [0.1, 0.15) is 30.2 Å². The van der Waals surface area contributed by atoms with Crippen molar-refractivity contribution < 1.29 is 12.8 Å². The van der Waals surface area contributed by atoms with Crippen molar-refractivity contribution in [2.45, 2.75) is 25.6 Å². The molecule has 0 spiro atoms. The summed E-state index contributed by atoms with van der Waals surface area (Å²) in [6.07, 6.45) is 0. The standard InChI is InChI=1S/C17H19BrFNO2S/c1-3-20(12-15-9-10-16(18)11-17(15)19)23(21,22)13(2)14-7-5-4-6-8-14/h4-11,13H,3,12H2,1-2H3. The molecule has 0 bridgehead atoms. The number of hydrogen-bond donors (Lipinski definition) is 0. The molecule has 0 amide bonds. The lowest BCUT2D eigenvalue weighted by Gasteiger charge is -2.25. The van der Waals surface area contributed by atoms with Crippen LogP contribution >= 0.6 is 15.9 Å². The quantitative estimate of drug-likeness (QED) is 0.716. The van der Waals surface area contributed by atoms with Crippen LogP contribution in [0.5, 0.6) is 0 Å². The van der Waals surface area contributed by atoms with Gasteiger partial charge in [0, 0.05) is 23.1 Å². The third-order valence-electron chi connectivity index (χ3n) is 3.79. The van der Waals surface area contributed by atoms with Crippen LogP contribution in [0.15, 0.2) is 53.0 Å². The van der Waals surface area contributed by atoms with Crippen LogP contribution < -0.4 is 0 Å². The molecule has 0 aliphatic rings. The van der Waals surface area contributed by atoms with Crippen LogP contribution in [0.25, 0.3) is 0 Å². The van der Waals surface area contributed by atoms with E-state index in [1.165, 1.54) is 10.4 Å². The van der Waals surface area contributed by atoms with Gasteiger partial charge in [-0.25, -0.2) is 12.8 Å². The molecule has 2 rings (SSSR count). The second kappa shape index (κ2) is 7.55. The number of hydrogen-bond acceptors (Lipinski definition) is 2. The predicted octanol–water partition coefficient (Wildman–Crippen LogP) is 4.50. The van der Waals surface area contributed by atoms with Crippen molar-refractivity contribution in [3.63, 3.8) is 0 Å². The van der Waals surface area contributed by atoms with E-state index in [4.69, 9.17) is 0 Å². The third kappa shape index (κ3) is 4.19. The zero-order chi connectivity index (χ0) is 17.0. The highest BCUT2D eigenvalue weighted by molar-refractivity contribution is 9.10. The molecule has 1 unspecified atom stereocenters. The van der Waals surface area contributed by atoms with Crippen LogP contribution in [0, 0.1) is 5.82 Å². The molecule has 0 radical (unpaired) electrons. The molecule has 0 N–H and O–H groups in total. The first-order valence-corrected chi connectivity index (χ1v) is 9.63. The summed E-state index contributed by atoms with van der Waals surface area (Å²) in [6, 6.07) is 13.7. The van der Waals surface area contributed by atoms with Crippen LogP contribution in [0.4, 0.5) is 4.39 Å². The van der Waals surface area contributed by atoms with Gasteiger partial charge in [0.05, 0.1) is 5.25 Å². The fraction of sp³-hybridized carbons (Fsp3) is 0.294. The van der Waals surface area contributed by atoms with E-state index in [0.29, 0.717) is 10.0 Å². The maximum atomic E-state index is 14.0. The Morgan fingerprint density at radius 3 is 2.39 bits per heavy atom. The van der Waals surface area contributed by atoms with Gasteiger partial charge in [-0.15, -0.1) is 0 Å². The zero-order valence-electron chi connectivity index (χ0n) is 13.0. The molecule has 0 heterocycles. The Labute approximate surface area is 145 Å². The Hall–Kier alpha value is -1.24.